The zero-order chi connectivity index (χ0) is 11.5. The molecule has 1 heterocycles. The van der Waals surface area contributed by atoms with Crippen molar-refractivity contribution < 1.29 is 4.74 Å². The number of ether oxygens (including phenoxy) is 1. The zero-order valence-corrected chi connectivity index (χ0v) is 9.91. The molecule has 0 radical (unpaired) electrons. The van der Waals surface area contributed by atoms with Gasteiger partial charge in [-0.1, -0.05) is 11.6 Å². The molecule has 3 nitrogen and oxygen atoms in total. The highest BCUT2D eigenvalue weighted by Gasteiger charge is 2.23. The molecule has 1 saturated heterocycles. The molecule has 1 atom stereocenters. The number of anilines is 1. The Labute approximate surface area is 101 Å². The molecule has 1 fully saturated rings. The second-order valence-electron chi connectivity index (χ2n) is 4.25. The van der Waals surface area contributed by atoms with Crippen molar-refractivity contribution >= 4 is 17.3 Å². The van der Waals surface area contributed by atoms with Gasteiger partial charge in [0, 0.05) is 30.0 Å². The summed E-state index contributed by atoms with van der Waals surface area (Å²) < 4.78 is 5.33. The molecule has 16 heavy (non-hydrogen) atoms. The van der Waals surface area contributed by atoms with Gasteiger partial charge in [-0.15, -0.1) is 0 Å². The molecule has 0 unspecified atom stereocenters. The van der Waals surface area contributed by atoms with Gasteiger partial charge in [-0.05, 0) is 42.5 Å². The monoisotopic (exact) mass is 240 g/mol. The second kappa shape index (κ2) is 5.04. The summed E-state index contributed by atoms with van der Waals surface area (Å²) in [6.45, 7) is 1.58. The number of rotatable bonds is 2. The van der Waals surface area contributed by atoms with Crippen molar-refractivity contribution in [2.75, 3.05) is 18.9 Å². The Kier molecular flexibility index (Phi) is 3.69. The van der Waals surface area contributed by atoms with Crippen molar-refractivity contribution in [2.24, 2.45) is 11.7 Å². The molecule has 2 rings (SSSR count). The summed E-state index contributed by atoms with van der Waals surface area (Å²) in [6, 6.07) is 5.44. The van der Waals surface area contributed by atoms with Gasteiger partial charge < -0.3 is 16.2 Å². The van der Waals surface area contributed by atoms with Gasteiger partial charge in [0.1, 0.15) is 0 Å². The van der Waals surface area contributed by atoms with Crippen LogP contribution in [0.2, 0.25) is 5.02 Å². The van der Waals surface area contributed by atoms with Gasteiger partial charge in [0.05, 0.1) is 0 Å². The molecule has 0 aliphatic carbocycles. The van der Waals surface area contributed by atoms with Crippen molar-refractivity contribution in [3.8, 4) is 0 Å². The first-order valence-electron chi connectivity index (χ1n) is 5.56. The fourth-order valence-corrected chi connectivity index (χ4v) is 2.34. The van der Waals surface area contributed by atoms with Crippen LogP contribution in [0.5, 0.6) is 0 Å². The van der Waals surface area contributed by atoms with Gasteiger partial charge in [0.2, 0.25) is 0 Å². The Morgan fingerprint density at radius 3 is 2.69 bits per heavy atom. The van der Waals surface area contributed by atoms with E-state index in [0.29, 0.717) is 10.9 Å². The highest BCUT2D eigenvalue weighted by molar-refractivity contribution is 6.30. The van der Waals surface area contributed by atoms with Crippen LogP contribution in [0, 0.1) is 5.92 Å². The SMILES string of the molecule is Nc1ccc(Cl)cc1[C@H](N)C1CCOCC1. The maximum absolute atomic E-state index is 6.25. The molecular formula is C12H17ClN2O. The number of hydrogen-bond donors (Lipinski definition) is 2. The Morgan fingerprint density at radius 1 is 1.31 bits per heavy atom. The zero-order valence-electron chi connectivity index (χ0n) is 9.16. The Morgan fingerprint density at radius 2 is 2.00 bits per heavy atom. The van der Waals surface area contributed by atoms with E-state index in [4.69, 9.17) is 27.8 Å². The second-order valence-corrected chi connectivity index (χ2v) is 4.69. The average Bonchev–Trinajstić information content (AvgIpc) is 2.32. The predicted octanol–water partition coefficient (Wildman–Crippen LogP) is 2.35. The number of halogens is 1. The molecule has 1 aromatic rings. The van der Waals surface area contributed by atoms with Crippen molar-refractivity contribution in [1.82, 2.24) is 0 Å². The van der Waals surface area contributed by atoms with Crippen LogP contribution < -0.4 is 11.5 Å². The first-order valence-corrected chi connectivity index (χ1v) is 5.94. The van der Waals surface area contributed by atoms with E-state index >= 15 is 0 Å². The minimum absolute atomic E-state index is 0.0393. The Bertz CT molecular complexity index is 364. The highest BCUT2D eigenvalue weighted by Crippen LogP contribution is 2.32. The lowest BCUT2D eigenvalue weighted by Crippen LogP contribution is -2.28. The number of nitrogens with two attached hydrogens (primary N) is 2. The van der Waals surface area contributed by atoms with Gasteiger partial charge in [0.15, 0.2) is 0 Å². The molecule has 4 N–H and O–H groups in total. The third kappa shape index (κ3) is 2.48. The van der Waals surface area contributed by atoms with E-state index in [1.807, 2.05) is 12.1 Å². The van der Waals surface area contributed by atoms with Crippen LogP contribution in [-0.2, 0) is 4.74 Å². The molecule has 0 amide bonds. The van der Waals surface area contributed by atoms with E-state index in [-0.39, 0.29) is 6.04 Å². The van der Waals surface area contributed by atoms with Gasteiger partial charge >= 0.3 is 0 Å². The molecular weight excluding hydrogens is 224 g/mol. The lowest BCUT2D eigenvalue weighted by molar-refractivity contribution is 0.0584. The van der Waals surface area contributed by atoms with E-state index in [1.165, 1.54) is 0 Å². The normalized spacial score (nSPS) is 19.6. The smallest absolute Gasteiger partial charge is 0.0469 e. The van der Waals surface area contributed by atoms with E-state index in [0.717, 1.165) is 37.3 Å². The minimum Gasteiger partial charge on any atom is -0.398 e. The van der Waals surface area contributed by atoms with Crippen LogP contribution in [0.4, 0.5) is 5.69 Å². The molecule has 0 aromatic heterocycles. The van der Waals surface area contributed by atoms with Crippen LogP contribution in [0.1, 0.15) is 24.4 Å². The Hall–Kier alpha value is -0.770. The summed E-state index contributed by atoms with van der Waals surface area (Å²) >= 11 is 5.96. The van der Waals surface area contributed by atoms with E-state index in [2.05, 4.69) is 0 Å². The van der Waals surface area contributed by atoms with E-state index in [1.54, 1.807) is 6.07 Å². The third-order valence-corrected chi connectivity index (χ3v) is 3.42. The lowest BCUT2D eigenvalue weighted by atomic mass is 9.87. The molecule has 88 valence electrons. The summed E-state index contributed by atoms with van der Waals surface area (Å²) in [5, 5.41) is 0.687. The van der Waals surface area contributed by atoms with Crippen LogP contribution in [0.25, 0.3) is 0 Å². The van der Waals surface area contributed by atoms with Gasteiger partial charge in [-0.25, -0.2) is 0 Å². The molecule has 0 spiro atoms. The average molecular weight is 241 g/mol. The quantitative estimate of drug-likeness (QED) is 0.780. The van der Waals surface area contributed by atoms with Crippen LogP contribution in [-0.4, -0.2) is 13.2 Å². The highest BCUT2D eigenvalue weighted by atomic mass is 35.5. The number of benzene rings is 1. The summed E-state index contributed by atoms with van der Waals surface area (Å²) in [6.07, 6.45) is 1.99. The molecule has 1 aliphatic heterocycles. The molecule has 1 aromatic carbocycles. The molecule has 4 heteroatoms. The molecule has 0 saturated carbocycles. The van der Waals surface area contributed by atoms with Crippen LogP contribution in [0.15, 0.2) is 18.2 Å². The molecule has 1 aliphatic rings. The van der Waals surface area contributed by atoms with Crippen molar-refractivity contribution in [3.63, 3.8) is 0 Å². The first-order chi connectivity index (χ1) is 7.68. The first kappa shape index (κ1) is 11.7. The summed E-state index contributed by atoms with van der Waals surface area (Å²) in [5.41, 5.74) is 13.9. The standard InChI is InChI=1S/C12H17ClN2O/c13-9-1-2-11(14)10(7-9)12(15)8-3-5-16-6-4-8/h1-2,7-8,12H,3-6,14-15H2/t12-/m1/s1. The van der Waals surface area contributed by atoms with E-state index < -0.39 is 0 Å². The largest absolute Gasteiger partial charge is 0.398 e. The molecule has 0 bridgehead atoms. The minimum atomic E-state index is -0.0393. The van der Waals surface area contributed by atoms with E-state index in [9.17, 15) is 0 Å². The van der Waals surface area contributed by atoms with Crippen molar-refractivity contribution in [3.05, 3.63) is 28.8 Å². The maximum atomic E-state index is 6.25. The number of hydrogen-bond acceptors (Lipinski definition) is 3. The summed E-state index contributed by atoms with van der Waals surface area (Å²) in [5.74, 6) is 0.439. The fraction of sp³-hybridized carbons (Fsp3) is 0.500. The van der Waals surface area contributed by atoms with Crippen LogP contribution in [0.3, 0.4) is 0 Å². The maximum Gasteiger partial charge on any atom is 0.0469 e. The van der Waals surface area contributed by atoms with Gasteiger partial charge in [0.25, 0.3) is 0 Å². The van der Waals surface area contributed by atoms with Gasteiger partial charge in [-0.2, -0.15) is 0 Å². The number of nitrogen functional groups attached to an aromatic ring is 1. The summed E-state index contributed by atoms with van der Waals surface area (Å²) in [4.78, 5) is 0. The Balaban J connectivity index is 2.18. The third-order valence-electron chi connectivity index (χ3n) is 3.18. The lowest BCUT2D eigenvalue weighted by Gasteiger charge is -2.28. The van der Waals surface area contributed by atoms with Crippen LogP contribution >= 0.6 is 11.6 Å². The topological polar surface area (TPSA) is 61.3 Å². The van der Waals surface area contributed by atoms with Crippen molar-refractivity contribution in [1.29, 1.82) is 0 Å². The fourth-order valence-electron chi connectivity index (χ4n) is 2.16. The van der Waals surface area contributed by atoms with Gasteiger partial charge in [-0.3, -0.25) is 0 Å². The summed E-state index contributed by atoms with van der Waals surface area (Å²) in [7, 11) is 0. The van der Waals surface area contributed by atoms with Crippen molar-refractivity contribution in [2.45, 2.75) is 18.9 Å². The predicted molar refractivity (Wildman–Crippen MR) is 66.3 cm³/mol.